The number of rotatable bonds is 2. The maximum Gasteiger partial charge on any atom is 0.355 e. The number of thiazole rings is 1. The van der Waals surface area contributed by atoms with Crippen molar-refractivity contribution in [2.75, 3.05) is 13.1 Å². The molecule has 3 heterocycles. The first-order valence-corrected chi connectivity index (χ1v) is 7.23. The van der Waals surface area contributed by atoms with E-state index in [0.717, 1.165) is 24.2 Å². The molecule has 2 fully saturated rings. The first-order chi connectivity index (χ1) is 9.58. The summed E-state index contributed by atoms with van der Waals surface area (Å²) in [6.45, 7) is 1.04. The molecule has 0 aromatic carbocycles. The molecule has 0 bridgehead atoms. The minimum Gasteiger partial charge on any atom is -0.476 e. The number of amides is 2. The summed E-state index contributed by atoms with van der Waals surface area (Å²) in [5, 5.41) is 13.1. The molecule has 1 aromatic rings. The van der Waals surface area contributed by atoms with Gasteiger partial charge in [0.05, 0.1) is 12.0 Å². The van der Waals surface area contributed by atoms with Gasteiger partial charge in [-0.2, -0.15) is 0 Å². The number of aromatic nitrogens is 1. The molecule has 8 heteroatoms. The van der Waals surface area contributed by atoms with Crippen molar-refractivity contribution in [1.29, 1.82) is 0 Å². The molecule has 7 nitrogen and oxygen atoms in total. The number of hydrogen-bond acceptors (Lipinski definition) is 5. The first-order valence-electron chi connectivity index (χ1n) is 6.35. The van der Waals surface area contributed by atoms with Crippen molar-refractivity contribution in [3.8, 4) is 0 Å². The van der Waals surface area contributed by atoms with E-state index >= 15 is 0 Å². The largest absolute Gasteiger partial charge is 0.476 e. The van der Waals surface area contributed by atoms with Crippen LogP contribution in [0.15, 0.2) is 5.38 Å². The van der Waals surface area contributed by atoms with Crippen molar-refractivity contribution in [1.82, 2.24) is 15.2 Å². The predicted molar refractivity (Wildman–Crippen MR) is 69.6 cm³/mol. The van der Waals surface area contributed by atoms with Crippen LogP contribution in [0.4, 0.5) is 0 Å². The Balaban J connectivity index is 1.82. The van der Waals surface area contributed by atoms with E-state index in [1.165, 1.54) is 5.38 Å². The number of carbonyl (C=O) groups is 3. The Morgan fingerprint density at radius 1 is 1.50 bits per heavy atom. The minimum absolute atomic E-state index is 0.00198. The van der Waals surface area contributed by atoms with Crippen LogP contribution >= 0.6 is 11.3 Å². The van der Waals surface area contributed by atoms with Gasteiger partial charge in [-0.25, -0.2) is 9.78 Å². The highest BCUT2D eigenvalue weighted by molar-refractivity contribution is 7.11. The van der Waals surface area contributed by atoms with Crippen LogP contribution in [0.25, 0.3) is 0 Å². The molecular weight excluding hydrogens is 282 g/mol. The van der Waals surface area contributed by atoms with Gasteiger partial charge >= 0.3 is 5.97 Å². The van der Waals surface area contributed by atoms with Crippen molar-refractivity contribution in [2.24, 2.45) is 5.92 Å². The topological polar surface area (TPSA) is 99.6 Å². The minimum atomic E-state index is -1.14. The van der Waals surface area contributed by atoms with Crippen LogP contribution in [0.3, 0.4) is 0 Å². The summed E-state index contributed by atoms with van der Waals surface area (Å²) in [6.07, 6.45) is 1.57. The molecule has 2 aliphatic heterocycles. The lowest BCUT2D eigenvalue weighted by atomic mass is 9.91. The van der Waals surface area contributed by atoms with E-state index < -0.39 is 5.97 Å². The lowest BCUT2D eigenvalue weighted by Gasteiger charge is -2.35. The van der Waals surface area contributed by atoms with Crippen LogP contribution in [-0.4, -0.2) is 51.9 Å². The number of carboxylic acids is 1. The number of carboxylic acid groups (broad SMARTS) is 1. The Morgan fingerprint density at radius 3 is 3.00 bits per heavy atom. The summed E-state index contributed by atoms with van der Waals surface area (Å²) < 4.78 is 0. The van der Waals surface area contributed by atoms with Crippen molar-refractivity contribution in [3.05, 3.63) is 16.1 Å². The number of likely N-dealkylation sites (tertiary alicyclic amines) is 1. The van der Waals surface area contributed by atoms with Gasteiger partial charge in [0.1, 0.15) is 0 Å². The second kappa shape index (κ2) is 4.86. The Kier molecular flexibility index (Phi) is 3.17. The summed E-state index contributed by atoms with van der Waals surface area (Å²) in [6, 6.07) is -0.138. The number of hydrogen-bond donors (Lipinski definition) is 2. The predicted octanol–water partition coefficient (Wildman–Crippen LogP) is 0.192. The molecule has 2 saturated heterocycles. The van der Waals surface area contributed by atoms with Crippen LogP contribution in [0.1, 0.15) is 33.1 Å². The first kappa shape index (κ1) is 13.0. The van der Waals surface area contributed by atoms with Crippen molar-refractivity contribution >= 4 is 29.1 Å². The normalized spacial score (nSPS) is 25.2. The standard InChI is InChI=1S/C12H13N3O4S/c16-9-6-2-1-3-15(8(6)4-13-9)11(17)10-14-7(5-20-10)12(18)19/h5-6,8H,1-4H2,(H,13,16)(H,18,19). The monoisotopic (exact) mass is 295 g/mol. The summed E-state index contributed by atoms with van der Waals surface area (Å²) in [5.74, 6) is -1.58. The summed E-state index contributed by atoms with van der Waals surface area (Å²) in [4.78, 5) is 40.4. The van der Waals surface area contributed by atoms with Crippen LogP contribution in [-0.2, 0) is 4.79 Å². The fraction of sp³-hybridized carbons (Fsp3) is 0.500. The molecule has 1 aromatic heterocycles. The average Bonchev–Trinajstić information content (AvgIpc) is 3.05. The second-order valence-electron chi connectivity index (χ2n) is 4.90. The van der Waals surface area contributed by atoms with Crippen molar-refractivity contribution in [3.63, 3.8) is 0 Å². The Bertz CT molecular complexity index is 585. The molecule has 0 spiro atoms. The van der Waals surface area contributed by atoms with Crippen LogP contribution < -0.4 is 5.32 Å². The molecule has 0 radical (unpaired) electrons. The van der Waals surface area contributed by atoms with Crippen LogP contribution in [0.2, 0.25) is 0 Å². The van der Waals surface area contributed by atoms with Crippen molar-refractivity contribution in [2.45, 2.75) is 18.9 Å². The molecule has 3 rings (SSSR count). The summed E-state index contributed by atoms with van der Waals surface area (Å²) >= 11 is 1.03. The number of piperidine rings is 1. The van der Waals surface area contributed by atoms with Gasteiger partial charge in [-0.1, -0.05) is 0 Å². The second-order valence-corrected chi connectivity index (χ2v) is 5.76. The zero-order chi connectivity index (χ0) is 14.3. The molecule has 20 heavy (non-hydrogen) atoms. The molecule has 2 N–H and O–H groups in total. The van der Waals surface area contributed by atoms with Gasteiger partial charge in [0, 0.05) is 18.5 Å². The maximum atomic E-state index is 12.4. The fourth-order valence-electron chi connectivity index (χ4n) is 2.80. The molecule has 0 aliphatic carbocycles. The van der Waals surface area contributed by atoms with Gasteiger partial charge in [-0.15, -0.1) is 11.3 Å². The number of fused-ring (bicyclic) bond motifs is 1. The van der Waals surface area contributed by atoms with E-state index in [0.29, 0.717) is 13.1 Å². The smallest absolute Gasteiger partial charge is 0.355 e. The van der Waals surface area contributed by atoms with E-state index in [1.807, 2.05) is 0 Å². The summed E-state index contributed by atoms with van der Waals surface area (Å²) in [5.41, 5.74) is -0.118. The van der Waals surface area contributed by atoms with E-state index in [1.54, 1.807) is 4.90 Å². The number of nitrogens with one attached hydrogen (secondary N) is 1. The molecular formula is C12H13N3O4S. The van der Waals surface area contributed by atoms with Gasteiger partial charge in [-0.05, 0) is 12.8 Å². The van der Waals surface area contributed by atoms with Gasteiger partial charge in [0.25, 0.3) is 5.91 Å². The highest BCUT2D eigenvalue weighted by atomic mass is 32.1. The number of nitrogens with zero attached hydrogens (tertiary/aromatic N) is 2. The van der Waals surface area contributed by atoms with E-state index in [4.69, 9.17) is 5.11 Å². The third kappa shape index (κ3) is 2.05. The van der Waals surface area contributed by atoms with Crippen LogP contribution in [0, 0.1) is 5.92 Å². The SMILES string of the molecule is O=C(O)c1csc(C(=O)N2CCCC3C(=O)NCC32)n1. The lowest BCUT2D eigenvalue weighted by Crippen LogP contribution is -2.48. The van der Waals surface area contributed by atoms with Gasteiger partial charge in [0.15, 0.2) is 10.7 Å². The Morgan fingerprint density at radius 2 is 2.30 bits per heavy atom. The van der Waals surface area contributed by atoms with Gasteiger partial charge < -0.3 is 15.3 Å². The summed E-state index contributed by atoms with van der Waals surface area (Å²) in [7, 11) is 0. The quantitative estimate of drug-likeness (QED) is 0.811. The molecule has 0 saturated carbocycles. The number of carbonyl (C=O) groups excluding carboxylic acids is 2. The third-order valence-electron chi connectivity index (χ3n) is 3.77. The molecule has 2 amide bonds. The third-order valence-corrected chi connectivity index (χ3v) is 4.60. The molecule has 2 unspecified atom stereocenters. The van der Waals surface area contributed by atoms with Crippen LogP contribution in [0.5, 0.6) is 0 Å². The van der Waals surface area contributed by atoms with Gasteiger partial charge in [-0.3, -0.25) is 9.59 Å². The van der Waals surface area contributed by atoms with E-state index in [2.05, 4.69) is 10.3 Å². The zero-order valence-electron chi connectivity index (χ0n) is 10.5. The highest BCUT2D eigenvalue weighted by Crippen LogP contribution is 2.29. The van der Waals surface area contributed by atoms with E-state index in [-0.39, 0.29) is 34.5 Å². The Hall–Kier alpha value is -1.96. The maximum absolute atomic E-state index is 12.4. The van der Waals surface area contributed by atoms with Gasteiger partial charge in [0.2, 0.25) is 5.91 Å². The zero-order valence-corrected chi connectivity index (χ0v) is 11.4. The fourth-order valence-corrected chi connectivity index (χ4v) is 3.54. The molecule has 2 aliphatic rings. The molecule has 2 atom stereocenters. The highest BCUT2D eigenvalue weighted by Gasteiger charge is 2.43. The number of aromatic carboxylic acids is 1. The average molecular weight is 295 g/mol. The Labute approximate surface area is 118 Å². The van der Waals surface area contributed by atoms with E-state index in [9.17, 15) is 14.4 Å². The lowest BCUT2D eigenvalue weighted by molar-refractivity contribution is -0.123. The van der Waals surface area contributed by atoms with Crippen molar-refractivity contribution < 1.29 is 19.5 Å². The molecule has 106 valence electrons.